The van der Waals surface area contributed by atoms with Gasteiger partial charge in [-0.05, 0) is 48.8 Å². The molecule has 1 atom stereocenters. The Balaban J connectivity index is 1.86. The first-order valence-electron chi connectivity index (χ1n) is 6.34. The molecular weight excluding hydrogens is 214 g/mol. The Morgan fingerprint density at radius 1 is 1.29 bits per heavy atom. The van der Waals surface area contributed by atoms with Crippen LogP contribution in [0.25, 0.3) is 0 Å². The lowest BCUT2D eigenvalue weighted by Gasteiger charge is -2.15. The molecule has 1 aromatic rings. The highest BCUT2D eigenvalue weighted by atomic mass is 16.4. The summed E-state index contributed by atoms with van der Waals surface area (Å²) in [4.78, 5) is 11.3. The monoisotopic (exact) mass is 231 g/mol. The Kier molecular flexibility index (Phi) is 2.63. The maximum absolute atomic E-state index is 11.3. The number of nitrogens with one attached hydrogen (secondary N) is 1. The molecule has 3 nitrogen and oxygen atoms in total. The van der Waals surface area contributed by atoms with Gasteiger partial charge in [-0.1, -0.05) is 18.2 Å². The van der Waals surface area contributed by atoms with Gasteiger partial charge in [0, 0.05) is 6.04 Å². The normalized spacial score (nSPS) is 20.0. The maximum atomic E-state index is 11.3. The van der Waals surface area contributed by atoms with Gasteiger partial charge in [-0.25, -0.2) is 0 Å². The number of carboxylic acids is 1. The fourth-order valence-corrected chi connectivity index (χ4v) is 2.57. The molecule has 2 aliphatic rings. The van der Waals surface area contributed by atoms with Crippen LogP contribution in [0.3, 0.4) is 0 Å². The quantitative estimate of drug-likeness (QED) is 0.833. The largest absolute Gasteiger partial charge is 0.480 e. The van der Waals surface area contributed by atoms with Crippen molar-refractivity contribution in [2.45, 2.75) is 44.2 Å². The summed E-state index contributed by atoms with van der Waals surface area (Å²) in [5.41, 5.74) is 3.64. The molecule has 0 amide bonds. The zero-order valence-corrected chi connectivity index (χ0v) is 9.78. The summed E-state index contributed by atoms with van der Waals surface area (Å²) in [5.74, 6) is -0.769. The fraction of sp³-hybridized carbons (Fsp3) is 0.500. The van der Waals surface area contributed by atoms with E-state index >= 15 is 0 Å². The summed E-state index contributed by atoms with van der Waals surface area (Å²) < 4.78 is 0. The van der Waals surface area contributed by atoms with E-state index in [2.05, 4.69) is 17.4 Å². The third-order valence-electron chi connectivity index (χ3n) is 3.68. The van der Waals surface area contributed by atoms with E-state index in [0.717, 1.165) is 31.2 Å². The highest BCUT2D eigenvalue weighted by Gasteiger charge is 2.29. The predicted octanol–water partition coefficient (Wildman–Crippen LogP) is 2.05. The minimum absolute atomic E-state index is 0.407. The zero-order chi connectivity index (χ0) is 11.8. The number of hydrogen-bond acceptors (Lipinski definition) is 2. The molecule has 0 aliphatic heterocycles. The Labute approximate surface area is 101 Å². The minimum atomic E-state index is -0.769. The Morgan fingerprint density at radius 2 is 2.06 bits per heavy atom. The molecule has 90 valence electrons. The van der Waals surface area contributed by atoms with Gasteiger partial charge in [-0.2, -0.15) is 0 Å². The van der Waals surface area contributed by atoms with Gasteiger partial charge in [0.05, 0.1) is 0 Å². The number of carboxylic acid groups (broad SMARTS) is 1. The molecule has 3 rings (SSSR count). The van der Waals surface area contributed by atoms with Crippen LogP contribution < -0.4 is 5.32 Å². The molecule has 0 spiro atoms. The maximum Gasteiger partial charge on any atom is 0.325 e. The number of aryl methyl sites for hydroxylation is 2. The van der Waals surface area contributed by atoms with Crippen LogP contribution in [0.5, 0.6) is 0 Å². The third-order valence-corrected chi connectivity index (χ3v) is 3.68. The number of aliphatic carboxylic acids is 1. The minimum Gasteiger partial charge on any atom is -0.480 e. The Bertz CT molecular complexity index is 452. The lowest BCUT2D eigenvalue weighted by atomic mass is 10.0. The molecule has 0 bridgehead atoms. The van der Waals surface area contributed by atoms with Gasteiger partial charge >= 0.3 is 5.97 Å². The van der Waals surface area contributed by atoms with E-state index in [9.17, 15) is 9.90 Å². The number of carbonyl (C=O) groups is 1. The van der Waals surface area contributed by atoms with E-state index in [4.69, 9.17) is 0 Å². The highest BCUT2D eigenvalue weighted by molar-refractivity contribution is 5.75. The second-order valence-corrected chi connectivity index (χ2v) is 5.09. The molecule has 0 heterocycles. The van der Waals surface area contributed by atoms with Gasteiger partial charge in [0.1, 0.15) is 6.04 Å². The molecule has 1 aromatic carbocycles. The van der Waals surface area contributed by atoms with Crippen LogP contribution in [0, 0.1) is 0 Å². The second-order valence-electron chi connectivity index (χ2n) is 5.09. The molecular formula is C14H17NO2. The van der Waals surface area contributed by atoms with Gasteiger partial charge in [-0.15, -0.1) is 0 Å². The standard InChI is InChI=1S/C14H17NO2/c16-14(17)13(15-12-6-7-12)11-5-4-9-2-1-3-10(9)8-11/h4-5,8,12-13,15H,1-3,6-7H2,(H,16,17). The smallest absolute Gasteiger partial charge is 0.325 e. The average Bonchev–Trinajstić information content (AvgIpc) is 3.01. The molecule has 2 N–H and O–H groups in total. The first-order chi connectivity index (χ1) is 8.24. The SMILES string of the molecule is O=C(O)C(NC1CC1)c1ccc2c(c1)CCC2. The van der Waals surface area contributed by atoms with Crippen LogP contribution in [0.15, 0.2) is 18.2 Å². The number of rotatable bonds is 4. The van der Waals surface area contributed by atoms with Crippen LogP contribution >= 0.6 is 0 Å². The summed E-state index contributed by atoms with van der Waals surface area (Å²) in [6.07, 6.45) is 5.65. The zero-order valence-electron chi connectivity index (χ0n) is 9.78. The molecule has 2 aliphatic carbocycles. The molecule has 1 unspecified atom stereocenters. The Hall–Kier alpha value is -1.35. The summed E-state index contributed by atoms with van der Waals surface area (Å²) in [5, 5.41) is 12.5. The second kappa shape index (κ2) is 4.15. The first kappa shape index (κ1) is 10.8. The topological polar surface area (TPSA) is 49.3 Å². The molecule has 3 heteroatoms. The number of fused-ring (bicyclic) bond motifs is 1. The van der Waals surface area contributed by atoms with Crippen molar-refractivity contribution in [1.82, 2.24) is 5.32 Å². The molecule has 0 saturated heterocycles. The van der Waals surface area contributed by atoms with Gasteiger partial charge in [0.2, 0.25) is 0 Å². The lowest BCUT2D eigenvalue weighted by molar-refractivity contribution is -0.139. The van der Waals surface area contributed by atoms with Gasteiger partial charge in [-0.3, -0.25) is 10.1 Å². The van der Waals surface area contributed by atoms with E-state index in [-0.39, 0.29) is 0 Å². The van der Waals surface area contributed by atoms with Crippen molar-refractivity contribution >= 4 is 5.97 Å². The van der Waals surface area contributed by atoms with Crippen molar-refractivity contribution in [3.8, 4) is 0 Å². The van der Waals surface area contributed by atoms with Gasteiger partial charge in [0.25, 0.3) is 0 Å². The summed E-state index contributed by atoms with van der Waals surface area (Å²) in [6.45, 7) is 0. The van der Waals surface area contributed by atoms with E-state index in [1.54, 1.807) is 0 Å². The number of benzene rings is 1. The fourth-order valence-electron chi connectivity index (χ4n) is 2.57. The number of hydrogen-bond donors (Lipinski definition) is 2. The molecule has 1 fully saturated rings. The van der Waals surface area contributed by atoms with Crippen LogP contribution in [-0.2, 0) is 17.6 Å². The highest BCUT2D eigenvalue weighted by Crippen LogP contribution is 2.28. The average molecular weight is 231 g/mol. The van der Waals surface area contributed by atoms with Crippen LogP contribution in [0.2, 0.25) is 0 Å². The molecule has 1 saturated carbocycles. The van der Waals surface area contributed by atoms with Crippen LogP contribution in [-0.4, -0.2) is 17.1 Å². The van der Waals surface area contributed by atoms with E-state index < -0.39 is 12.0 Å². The first-order valence-corrected chi connectivity index (χ1v) is 6.34. The van der Waals surface area contributed by atoms with E-state index in [0.29, 0.717) is 6.04 Å². The van der Waals surface area contributed by atoms with Crippen molar-refractivity contribution in [1.29, 1.82) is 0 Å². The van der Waals surface area contributed by atoms with Gasteiger partial charge < -0.3 is 5.11 Å². The lowest BCUT2D eigenvalue weighted by Crippen LogP contribution is -2.30. The van der Waals surface area contributed by atoms with Crippen molar-refractivity contribution in [3.63, 3.8) is 0 Å². The van der Waals surface area contributed by atoms with Crippen molar-refractivity contribution in [2.24, 2.45) is 0 Å². The summed E-state index contributed by atoms with van der Waals surface area (Å²) in [7, 11) is 0. The predicted molar refractivity (Wildman–Crippen MR) is 65.0 cm³/mol. The summed E-state index contributed by atoms with van der Waals surface area (Å²) in [6, 6.07) is 6.02. The van der Waals surface area contributed by atoms with Crippen LogP contribution in [0.1, 0.15) is 42.0 Å². The molecule has 17 heavy (non-hydrogen) atoms. The van der Waals surface area contributed by atoms with E-state index in [1.807, 2.05) is 6.07 Å². The van der Waals surface area contributed by atoms with Crippen molar-refractivity contribution in [2.75, 3.05) is 0 Å². The summed E-state index contributed by atoms with van der Waals surface area (Å²) >= 11 is 0. The third kappa shape index (κ3) is 2.20. The molecule has 0 aromatic heterocycles. The molecule has 0 radical (unpaired) electrons. The van der Waals surface area contributed by atoms with Crippen LogP contribution in [0.4, 0.5) is 0 Å². The van der Waals surface area contributed by atoms with E-state index in [1.165, 1.54) is 17.5 Å². The Morgan fingerprint density at radius 3 is 2.76 bits per heavy atom. The van der Waals surface area contributed by atoms with Gasteiger partial charge in [0.15, 0.2) is 0 Å². The van der Waals surface area contributed by atoms with Crippen molar-refractivity contribution < 1.29 is 9.90 Å². The van der Waals surface area contributed by atoms with Crippen molar-refractivity contribution in [3.05, 3.63) is 34.9 Å².